The van der Waals surface area contributed by atoms with Gasteiger partial charge in [-0.3, -0.25) is 9.48 Å². The molecule has 1 aromatic carbocycles. The summed E-state index contributed by atoms with van der Waals surface area (Å²) in [7, 11) is 3.62. The summed E-state index contributed by atoms with van der Waals surface area (Å²) in [6, 6.07) is 7.76. The van der Waals surface area contributed by atoms with Crippen LogP contribution in [0.5, 0.6) is 5.75 Å². The predicted molar refractivity (Wildman–Crippen MR) is 100 cm³/mol. The number of rotatable bonds is 6. The molecule has 0 N–H and O–H groups in total. The highest BCUT2D eigenvalue weighted by Crippen LogP contribution is 2.20. The highest BCUT2D eigenvalue weighted by atomic mass is 16.5. The van der Waals surface area contributed by atoms with Crippen LogP contribution in [0.15, 0.2) is 35.0 Å². The van der Waals surface area contributed by atoms with Gasteiger partial charge >= 0.3 is 0 Å². The lowest BCUT2D eigenvalue weighted by Gasteiger charge is -2.16. The summed E-state index contributed by atoms with van der Waals surface area (Å²) in [5.74, 6) is 1.11. The Morgan fingerprint density at radius 3 is 2.74 bits per heavy atom. The first-order valence-electron chi connectivity index (χ1n) is 8.74. The quantitative estimate of drug-likeness (QED) is 0.668. The van der Waals surface area contributed by atoms with Gasteiger partial charge in [-0.2, -0.15) is 5.10 Å². The van der Waals surface area contributed by atoms with Crippen LogP contribution >= 0.6 is 0 Å². The first kappa shape index (κ1) is 18.7. The van der Waals surface area contributed by atoms with Gasteiger partial charge in [0.2, 0.25) is 0 Å². The molecule has 0 saturated carbocycles. The minimum atomic E-state index is -0.210. The van der Waals surface area contributed by atoms with E-state index >= 15 is 0 Å². The number of amides is 1. The minimum absolute atomic E-state index is 0.210. The molecule has 0 aliphatic heterocycles. The van der Waals surface area contributed by atoms with E-state index in [4.69, 9.17) is 9.26 Å². The van der Waals surface area contributed by atoms with Crippen LogP contribution in [-0.4, -0.2) is 32.8 Å². The number of ether oxygens (including phenoxy) is 1. The van der Waals surface area contributed by atoms with Crippen LogP contribution in [0.3, 0.4) is 0 Å². The lowest BCUT2D eigenvalue weighted by molar-refractivity contribution is 0.0772. The molecule has 7 nitrogen and oxygen atoms in total. The van der Waals surface area contributed by atoms with E-state index in [2.05, 4.69) is 10.3 Å². The van der Waals surface area contributed by atoms with E-state index in [0.29, 0.717) is 17.9 Å². The lowest BCUT2D eigenvalue weighted by atomic mass is 10.1. The van der Waals surface area contributed by atoms with Crippen LogP contribution < -0.4 is 4.74 Å². The van der Waals surface area contributed by atoms with E-state index in [9.17, 15) is 4.79 Å². The maximum atomic E-state index is 12.9. The molecule has 0 radical (unpaired) electrons. The van der Waals surface area contributed by atoms with Gasteiger partial charge in [-0.05, 0) is 38.5 Å². The Balaban J connectivity index is 1.74. The Morgan fingerprint density at radius 1 is 1.30 bits per heavy atom. The molecule has 0 spiro atoms. The fourth-order valence-corrected chi connectivity index (χ4v) is 2.80. The fourth-order valence-electron chi connectivity index (χ4n) is 2.80. The standard InChI is InChI=1S/C20H24N4O3/c1-13-7-6-8-17(9-13)26-12-18-15(3)27-22-19(18)20(25)23(4)11-16-10-21-24(5)14(16)2/h6-10H,11-12H2,1-5H3. The second kappa shape index (κ2) is 7.65. The zero-order valence-electron chi connectivity index (χ0n) is 16.3. The van der Waals surface area contributed by atoms with Crippen molar-refractivity contribution in [1.29, 1.82) is 0 Å². The van der Waals surface area contributed by atoms with Crippen LogP contribution in [0.1, 0.15) is 38.6 Å². The molecule has 2 aromatic heterocycles. The monoisotopic (exact) mass is 368 g/mol. The third-order valence-corrected chi connectivity index (χ3v) is 4.65. The number of aryl methyl sites for hydroxylation is 3. The van der Waals surface area contributed by atoms with Crippen molar-refractivity contribution in [3.8, 4) is 5.75 Å². The maximum Gasteiger partial charge on any atom is 0.276 e. The van der Waals surface area contributed by atoms with E-state index in [1.54, 1.807) is 29.7 Å². The van der Waals surface area contributed by atoms with Crippen molar-refractivity contribution in [2.45, 2.75) is 33.9 Å². The van der Waals surface area contributed by atoms with Crippen LogP contribution in [0.25, 0.3) is 0 Å². The van der Waals surface area contributed by atoms with Gasteiger partial charge in [0.15, 0.2) is 5.69 Å². The summed E-state index contributed by atoms with van der Waals surface area (Å²) in [4.78, 5) is 14.5. The molecule has 0 atom stereocenters. The zero-order chi connectivity index (χ0) is 19.6. The van der Waals surface area contributed by atoms with Crippen molar-refractivity contribution in [2.75, 3.05) is 7.05 Å². The average molecular weight is 368 g/mol. The molecule has 0 fully saturated rings. The number of carbonyl (C=O) groups excluding carboxylic acids is 1. The first-order chi connectivity index (χ1) is 12.9. The Kier molecular flexibility index (Phi) is 5.30. The van der Waals surface area contributed by atoms with Gasteiger partial charge in [-0.25, -0.2) is 0 Å². The van der Waals surface area contributed by atoms with Crippen molar-refractivity contribution in [1.82, 2.24) is 19.8 Å². The number of carbonyl (C=O) groups is 1. The molecule has 2 heterocycles. The third kappa shape index (κ3) is 4.02. The minimum Gasteiger partial charge on any atom is -0.489 e. The van der Waals surface area contributed by atoms with Crippen molar-refractivity contribution >= 4 is 5.91 Å². The fraction of sp³-hybridized carbons (Fsp3) is 0.350. The zero-order valence-corrected chi connectivity index (χ0v) is 16.3. The molecule has 3 rings (SSSR count). The normalized spacial score (nSPS) is 10.9. The smallest absolute Gasteiger partial charge is 0.276 e. The molecule has 0 bridgehead atoms. The summed E-state index contributed by atoms with van der Waals surface area (Å²) >= 11 is 0. The van der Waals surface area contributed by atoms with Crippen LogP contribution in [0.4, 0.5) is 0 Å². The number of nitrogens with zero attached hydrogens (tertiary/aromatic N) is 4. The topological polar surface area (TPSA) is 73.4 Å². The van der Waals surface area contributed by atoms with E-state index in [1.807, 2.05) is 45.2 Å². The van der Waals surface area contributed by atoms with Gasteiger partial charge in [0.1, 0.15) is 18.1 Å². The van der Waals surface area contributed by atoms with Gasteiger partial charge in [0, 0.05) is 31.9 Å². The van der Waals surface area contributed by atoms with Gasteiger partial charge in [-0.15, -0.1) is 0 Å². The van der Waals surface area contributed by atoms with Crippen molar-refractivity contribution in [3.63, 3.8) is 0 Å². The summed E-state index contributed by atoms with van der Waals surface area (Å²) in [6.45, 7) is 6.43. The molecule has 0 saturated heterocycles. The number of hydrogen-bond donors (Lipinski definition) is 0. The first-order valence-corrected chi connectivity index (χ1v) is 8.74. The molecule has 0 aliphatic carbocycles. The molecular formula is C20H24N4O3. The van der Waals surface area contributed by atoms with Gasteiger partial charge in [0.05, 0.1) is 11.8 Å². The maximum absolute atomic E-state index is 12.9. The third-order valence-electron chi connectivity index (χ3n) is 4.65. The predicted octanol–water partition coefficient (Wildman–Crippen LogP) is 3.18. The number of benzene rings is 1. The molecular weight excluding hydrogens is 344 g/mol. The average Bonchev–Trinajstić information content (AvgIpc) is 3.16. The molecule has 0 unspecified atom stereocenters. The lowest BCUT2D eigenvalue weighted by Crippen LogP contribution is -2.27. The molecule has 142 valence electrons. The number of aromatic nitrogens is 3. The van der Waals surface area contributed by atoms with Crippen LogP contribution in [0, 0.1) is 20.8 Å². The second-order valence-corrected chi connectivity index (χ2v) is 6.71. The second-order valence-electron chi connectivity index (χ2n) is 6.71. The molecule has 3 aromatic rings. The summed E-state index contributed by atoms with van der Waals surface area (Å²) in [5, 5.41) is 8.19. The van der Waals surface area contributed by atoms with E-state index < -0.39 is 0 Å². The van der Waals surface area contributed by atoms with Crippen LogP contribution in [0.2, 0.25) is 0 Å². The van der Waals surface area contributed by atoms with Gasteiger partial charge < -0.3 is 14.2 Å². The highest BCUT2D eigenvalue weighted by Gasteiger charge is 2.24. The molecule has 7 heteroatoms. The van der Waals surface area contributed by atoms with E-state index in [-0.39, 0.29) is 18.2 Å². The van der Waals surface area contributed by atoms with E-state index in [0.717, 1.165) is 22.6 Å². The van der Waals surface area contributed by atoms with Crippen molar-refractivity contribution in [2.24, 2.45) is 7.05 Å². The Labute approximate surface area is 158 Å². The van der Waals surface area contributed by atoms with E-state index in [1.165, 1.54) is 0 Å². The van der Waals surface area contributed by atoms with Crippen molar-refractivity contribution < 1.29 is 14.1 Å². The highest BCUT2D eigenvalue weighted by molar-refractivity contribution is 5.93. The van der Waals surface area contributed by atoms with Gasteiger partial charge in [-0.1, -0.05) is 17.3 Å². The largest absolute Gasteiger partial charge is 0.489 e. The number of hydrogen-bond acceptors (Lipinski definition) is 5. The van der Waals surface area contributed by atoms with Gasteiger partial charge in [0.25, 0.3) is 5.91 Å². The Morgan fingerprint density at radius 2 is 2.07 bits per heavy atom. The Hall–Kier alpha value is -3.09. The molecule has 1 amide bonds. The molecule has 0 aliphatic rings. The van der Waals surface area contributed by atoms with Crippen LogP contribution in [-0.2, 0) is 20.2 Å². The summed E-state index contributed by atoms with van der Waals surface area (Å²) in [6.07, 6.45) is 1.77. The molecule has 27 heavy (non-hydrogen) atoms. The summed E-state index contributed by atoms with van der Waals surface area (Å²) in [5.41, 5.74) is 4.07. The SMILES string of the molecule is Cc1cccc(OCc2c(C(=O)N(C)Cc3cnn(C)c3C)noc2C)c1. The summed E-state index contributed by atoms with van der Waals surface area (Å²) < 4.78 is 12.9. The Bertz CT molecular complexity index is 958. The van der Waals surface area contributed by atoms with Crippen molar-refractivity contribution in [3.05, 3.63) is 64.3 Å².